The Morgan fingerprint density at radius 3 is 2.68 bits per heavy atom. The van der Waals surface area contributed by atoms with Crippen LogP contribution in [0.25, 0.3) is 0 Å². The molecule has 0 saturated heterocycles. The molecule has 0 bridgehead atoms. The lowest BCUT2D eigenvalue weighted by molar-refractivity contribution is -0.137. The average Bonchev–Trinajstić information content (AvgIpc) is 2.89. The Hall–Kier alpha value is -2.29. The average molecular weight is 369 g/mol. The lowest BCUT2D eigenvalue weighted by Gasteiger charge is -2.13. The van der Waals surface area contributed by atoms with Crippen LogP contribution < -0.4 is 10.9 Å². The van der Waals surface area contributed by atoms with E-state index in [1.165, 1.54) is 34.5 Å². The molecule has 0 aliphatic carbocycles. The van der Waals surface area contributed by atoms with Crippen molar-refractivity contribution >= 4 is 23.4 Å². The molecule has 9 heteroatoms. The number of hydrogen-bond acceptors (Lipinski definition) is 4. The van der Waals surface area contributed by atoms with Crippen LogP contribution >= 0.6 is 11.8 Å². The van der Waals surface area contributed by atoms with Crippen LogP contribution in [0.2, 0.25) is 0 Å². The summed E-state index contributed by atoms with van der Waals surface area (Å²) in [4.78, 5) is 28.5. The molecule has 1 aliphatic rings. The number of nitrogens with zero attached hydrogens (tertiary/aromatic N) is 2. The number of anilines is 1. The van der Waals surface area contributed by atoms with Crippen molar-refractivity contribution in [2.24, 2.45) is 0 Å². The number of benzene rings is 1. The topological polar surface area (TPSA) is 64.0 Å². The van der Waals surface area contributed by atoms with Crippen molar-refractivity contribution in [1.82, 2.24) is 9.55 Å². The number of hydrogen-bond donors (Lipinski definition) is 1. The predicted molar refractivity (Wildman–Crippen MR) is 87.7 cm³/mol. The fraction of sp³-hybridized carbons (Fsp3) is 0.312. The Morgan fingerprint density at radius 2 is 2.04 bits per heavy atom. The Kier molecular flexibility index (Phi) is 4.59. The maximum absolute atomic E-state index is 12.5. The summed E-state index contributed by atoms with van der Waals surface area (Å²) < 4.78 is 39.1. The van der Waals surface area contributed by atoms with Crippen LogP contribution in [0.4, 0.5) is 18.9 Å². The van der Waals surface area contributed by atoms with Gasteiger partial charge < -0.3 is 5.32 Å². The molecule has 1 aromatic carbocycles. The number of aromatic nitrogens is 2. The van der Waals surface area contributed by atoms with Crippen molar-refractivity contribution in [1.29, 1.82) is 0 Å². The highest BCUT2D eigenvalue weighted by atomic mass is 32.2. The molecule has 1 aliphatic heterocycles. The quantitative estimate of drug-likeness (QED) is 0.844. The molecule has 1 N–H and O–H groups in total. The molecule has 5 nitrogen and oxygen atoms in total. The third-order valence-corrected chi connectivity index (χ3v) is 4.83. The van der Waals surface area contributed by atoms with Gasteiger partial charge in [-0.15, -0.1) is 0 Å². The predicted octanol–water partition coefficient (Wildman–Crippen LogP) is 3.25. The van der Waals surface area contributed by atoms with Gasteiger partial charge in [0, 0.05) is 29.6 Å². The van der Waals surface area contributed by atoms with Crippen molar-refractivity contribution in [2.75, 3.05) is 11.1 Å². The van der Waals surface area contributed by atoms with E-state index in [0.717, 1.165) is 12.1 Å². The van der Waals surface area contributed by atoms with E-state index in [9.17, 15) is 22.8 Å². The fourth-order valence-electron chi connectivity index (χ4n) is 2.58. The highest BCUT2D eigenvalue weighted by Crippen LogP contribution is 2.32. The first kappa shape index (κ1) is 17.5. The Morgan fingerprint density at radius 1 is 1.36 bits per heavy atom. The maximum atomic E-state index is 12.5. The van der Waals surface area contributed by atoms with Crippen molar-refractivity contribution < 1.29 is 18.0 Å². The molecule has 3 rings (SSSR count). The van der Waals surface area contributed by atoms with Crippen LogP contribution in [-0.4, -0.2) is 21.2 Å². The smallest absolute Gasteiger partial charge is 0.326 e. The van der Waals surface area contributed by atoms with E-state index in [4.69, 9.17) is 0 Å². The number of aryl methyl sites for hydroxylation is 1. The van der Waals surface area contributed by atoms with Gasteiger partial charge in [0.1, 0.15) is 0 Å². The summed E-state index contributed by atoms with van der Waals surface area (Å²) in [7, 11) is 0. The normalized spacial score (nSPS) is 16.6. The molecule has 1 amide bonds. The third kappa shape index (κ3) is 3.87. The monoisotopic (exact) mass is 369 g/mol. The molecule has 0 unspecified atom stereocenters. The number of fused-ring (bicyclic) bond motifs is 1. The van der Waals surface area contributed by atoms with E-state index in [0.29, 0.717) is 16.6 Å². The van der Waals surface area contributed by atoms with Gasteiger partial charge in [-0.1, -0.05) is 11.8 Å². The first-order chi connectivity index (χ1) is 11.7. The Labute approximate surface area is 145 Å². The Balaban J connectivity index is 1.68. The number of carbonyl (C=O) groups is 1. The molecule has 1 aromatic heterocycles. The van der Waals surface area contributed by atoms with Crippen LogP contribution in [0, 0.1) is 6.92 Å². The van der Waals surface area contributed by atoms with Gasteiger partial charge in [-0.2, -0.15) is 13.2 Å². The summed E-state index contributed by atoms with van der Waals surface area (Å²) in [6.07, 6.45) is -4.37. The molecule has 0 radical (unpaired) electrons. The lowest BCUT2D eigenvalue weighted by Crippen LogP contribution is -2.27. The van der Waals surface area contributed by atoms with Crippen molar-refractivity contribution in [3.05, 3.63) is 51.9 Å². The van der Waals surface area contributed by atoms with Gasteiger partial charge in [-0.3, -0.25) is 14.2 Å². The first-order valence-corrected chi connectivity index (χ1v) is 8.42. The maximum Gasteiger partial charge on any atom is 0.416 e. The van der Waals surface area contributed by atoms with E-state index in [2.05, 4.69) is 10.3 Å². The van der Waals surface area contributed by atoms with Gasteiger partial charge in [0.25, 0.3) is 5.56 Å². The van der Waals surface area contributed by atoms with Crippen molar-refractivity contribution in [2.45, 2.75) is 30.7 Å². The van der Waals surface area contributed by atoms with E-state index in [-0.39, 0.29) is 29.6 Å². The summed E-state index contributed by atoms with van der Waals surface area (Å²) >= 11 is 1.40. The summed E-state index contributed by atoms with van der Waals surface area (Å²) in [6.45, 7) is 1.73. The van der Waals surface area contributed by atoms with Gasteiger partial charge >= 0.3 is 6.18 Å². The number of amides is 1. The fourth-order valence-corrected chi connectivity index (χ4v) is 3.78. The van der Waals surface area contributed by atoms with Crippen LogP contribution in [0.15, 0.2) is 40.3 Å². The Bertz CT molecular complexity index is 862. The molecule has 0 fully saturated rings. The number of rotatable bonds is 3. The summed E-state index contributed by atoms with van der Waals surface area (Å²) in [5, 5.41) is 3.14. The number of carbonyl (C=O) groups excluding carboxylic acids is 1. The lowest BCUT2D eigenvalue weighted by atomic mass is 10.2. The van der Waals surface area contributed by atoms with Gasteiger partial charge in [0.2, 0.25) is 5.91 Å². The number of nitrogens with one attached hydrogen (secondary N) is 1. The minimum atomic E-state index is -4.42. The third-order valence-electron chi connectivity index (χ3n) is 3.73. The van der Waals surface area contributed by atoms with Crippen molar-refractivity contribution in [3.63, 3.8) is 0 Å². The van der Waals surface area contributed by atoms with Gasteiger partial charge in [0.15, 0.2) is 5.16 Å². The second-order valence-electron chi connectivity index (χ2n) is 5.68. The van der Waals surface area contributed by atoms with E-state index >= 15 is 0 Å². The number of halogens is 3. The van der Waals surface area contributed by atoms with Crippen LogP contribution in [0.3, 0.4) is 0 Å². The number of thioether (sulfide) groups is 1. The molecule has 2 heterocycles. The molecule has 0 saturated carbocycles. The summed E-state index contributed by atoms with van der Waals surface area (Å²) in [6, 6.07) is 5.32. The number of alkyl halides is 3. The zero-order valence-corrected chi connectivity index (χ0v) is 13.9. The summed E-state index contributed by atoms with van der Waals surface area (Å²) in [5.74, 6) is 0.178. The van der Waals surface area contributed by atoms with E-state index < -0.39 is 11.7 Å². The molecule has 25 heavy (non-hydrogen) atoms. The highest BCUT2D eigenvalue weighted by molar-refractivity contribution is 7.99. The molecule has 132 valence electrons. The van der Waals surface area contributed by atoms with Crippen LogP contribution in [0.1, 0.15) is 23.7 Å². The van der Waals surface area contributed by atoms with Crippen molar-refractivity contribution in [3.8, 4) is 0 Å². The SMILES string of the molecule is Cc1cc(=O)n2c(n1)SC[C@@H]2CC(=O)Nc1ccc(C(F)(F)F)cc1. The zero-order chi connectivity index (χ0) is 18.2. The second kappa shape index (κ2) is 6.55. The van der Waals surface area contributed by atoms with Gasteiger partial charge in [-0.05, 0) is 31.2 Å². The standard InChI is InChI=1S/C16H14F3N3O2S/c1-9-6-14(24)22-12(8-25-15(22)20-9)7-13(23)21-11-4-2-10(3-5-11)16(17,18)19/h2-6,12H,7-8H2,1H3,(H,21,23)/t12-/m0/s1. The van der Waals surface area contributed by atoms with Crippen LogP contribution in [0.5, 0.6) is 0 Å². The minimum absolute atomic E-state index is 0.0473. The van der Waals surface area contributed by atoms with Crippen LogP contribution in [-0.2, 0) is 11.0 Å². The zero-order valence-electron chi connectivity index (χ0n) is 13.1. The molecular formula is C16H14F3N3O2S. The molecule has 2 aromatic rings. The van der Waals surface area contributed by atoms with E-state index in [1.807, 2.05) is 0 Å². The van der Waals surface area contributed by atoms with Gasteiger partial charge in [0.05, 0.1) is 11.6 Å². The molecule has 1 atom stereocenters. The summed E-state index contributed by atoms with van der Waals surface area (Å²) in [5.41, 5.74) is -0.0868. The largest absolute Gasteiger partial charge is 0.416 e. The minimum Gasteiger partial charge on any atom is -0.326 e. The first-order valence-electron chi connectivity index (χ1n) is 7.44. The van der Waals surface area contributed by atoms with E-state index in [1.54, 1.807) is 6.92 Å². The molecular weight excluding hydrogens is 355 g/mol. The van der Waals surface area contributed by atoms with Gasteiger partial charge in [-0.25, -0.2) is 4.98 Å². The second-order valence-corrected chi connectivity index (χ2v) is 6.67. The highest BCUT2D eigenvalue weighted by Gasteiger charge is 2.30. The molecule has 0 spiro atoms.